The second-order valence-corrected chi connectivity index (χ2v) is 2.96. The summed E-state index contributed by atoms with van der Waals surface area (Å²) in [5.74, 6) is 1.49. The van der Waals surface area contributed by atoms with Crippen molar-refractivity contribution in [3.63, 3.8) is 0 Å². The number of rotatable bonds is 3. The molecule has 0 fully saturated rings. The first-order chi connectivity index (χ1) is 6.15. The van der Waals surface area contributed by atoms with E-state index < -0.39 is 0 Å². The number of nitrogens with zero attached hydrogens (tertiary/aromatic N) is 2. The maximum Gasteiger partial charge on any atom is 0.138 e. The van der Waals surface area contributed by atoms with Gasteiger partial charge in [-0.1, -0.05) is 12.1 Å². The lowest BCUT2D eigenvalue weighted by atomic mass is 10.2. The zero-order valence-corrected chi connectivity index (χ0v) is 8.29. The molecule has 0 bridgehead atoms. The van der Waals surface area contributed by atoms with Crippen LogP contribution in [-0.2, 0) is 6.54 Å². The predicted molar refractivity (Wildman–Crippen MR) is 51.6 cm³/mol. The minimum atomic E-state index is 0.570. The van der Waals surface area contributed by atoms with Gasteiger partial charge in [-0.25, -0.2) is 0 Å². The molecule has 0 aliphatic heterocycles. The standard InChI is InChI=1S/C9H15N3O/c1-4-9(10)11-5-8-6(2)12-13-7(8)3/h4-5H2,1-3H3,(H2,10,11). The monoisotopic (exact) mass is 181 g/mol. The number of hydrogen-bond donors (Lipinski definition) is 1. The van der Waals surface area contributed by atoms with Gasteiger partial charge in [-0.3, -0.25) is 4.99 Å². The van der Waals surface area contributed by atoms with E-state index in [1.54, 1.807) is 0 Å². The maximum absolute atomic E-state index is 5.59. The van der Waals surface area contributed by atoms with Gasteiger partial charge in [-0.15, -0.1) is 0 Å². The number of aryl methyl sites for hydroxylation is 2. The van der Waals surface area contributed by atoms with Crippen LogP contribution in [0.2, 0.25) is 0 Å². The molecule has 4 heteroatoms. The Kier molecular flexibility index (Phi) is 3.06. The van der Waals surface area contributed by atoms with Crippen molar-refractivity contribution in [1.82, 2.24) is 5.16 Å². The summed E-state index contributed by atoms with van der Waals surface area (Å²) >= 11 is 0. The van der Waals surface area contributed by atoms with Crippen LogP contribution in [0, 0.1) is 13.8 Å². The number of nitrogens with two attached hydrogens (primary N) is 1. The number of aromatic nitrogens is 1. The third kappa shape index (κ3) is 2.31. The first-order valence-corrected chi connectivity index (χ1v) is 4.35. The molecule has 0 saturated carbocycles. The number of hydrogen-bond acceptors (Lipinski definition) is 3. The topological polar surface area (TPSA) is 64.4 Å². The second-order valence-electron chi connectivity index (χ2n) is 2.96. The molecule has 0 aromatic carbocycles. The van der Waals surface area contributed by atoms with Crippen LogP contribution in [0.15, 0.2) is 9.52 Å². The largest absolute Gasteiger partial charge is 0.387 e. The van der Waals surface area contributed by atoms with Crippen LogP contribution < -0.4 is 5.73 Å². The summed E-state index contributed by atoms with van der Waals surface area (Å²) in [7, 11) is 0. The second kappa shape index (κ2) is 4.07. The molecule has 0 amide bonds. The van der Waals surface area contributed by atoms with E-state index >= 15 is 0 Å². The lowest BCUT2D eigenvalue weighted by molar-refractivity contribution is 0.392. The molecule has 0 unspecified atom stereocenters. The molecule has 0 saturated heterocycles. The van der Waals surface area contributed by atoms with E-state index in [1.807, 2.05) is 20.8 Å². The lowest BCUT2D eigenvalue weighted by Crippen LogP contribution is -2.09. The van der Waals surface area contributed by atoms with E-state index in [0.29, 0.717) is 12.4 Å². The van der Waals surface area contributed by atoms with Crippen molar-refractivity contribution in [3.05, 3.63) is 17.0 Å². The molecular weight excluding hydrogens is 166 g/mol. The summed E-state index contributed by atoms with van der Waals surface area (Å²) in [4.78, 5) is 4.20. The van der Waals surface area contributed by atoms with Gasteiger partial charge in [0.05, 0.1) is 18.1 Å². The summed E-state index contributed by atoms with van der Waals surface area (Å²) in [6.07, 6.45) is 0.781. The molecule has 0 aliphatic rings. The minimum absolute atomic E-state index is 0.570. The Bertz CT molecular complexity index is 295. The highest BCUT2D eigenvalue weighted by Gasteiger charge is 2.07. The summed E-state index contributed by atoms with van der Waals surface area (Å²) in [5, 5.41) is 3.83. The van der Waals surface area contributed by atoms with Gasteiger partial charge >= 0.3 is 0 Å². The van der Waals surface area contributed by atoms with Crippen LogP contribution >= 0.6 is 0 Å². The molecule has 13 heavy (non-hydrogen) atoms. The van der Waals surface area contributed by atoms with E-state index in [2.05, 4.69) is 10.1 Å². The van der Waals surface area contributed by atoms with E-state index in [4.69, 9.17) is 10.3 Å². The third-order valence-electron chi connectivity index (χ3n) is 1.98. The van der Waals surface area contributed by atoms with Crippen LogP contribution in [0.3, 0.4) is 0 Å². The summed E-state index contributed by atoms with van der Waals surface area (Å²) in [5.41, 5.74) is 7.52. The molecule has 0 atom stereocenters. The fraction of sp³-hybridized carbons (Fsp3) is 0.556. The average Bonchev–Trinajstić information content (AvgIpc) is 2.43. The van der Waals surface area contributed by atoms with Crippen molar-refractivity contribution in [2.45, 2.75) is 33.7 Å². The zero-order chi connectivity index (χ0) is 9.84. The highest BCUT2D eigenvalue weighted by Crippen LogP contribution is 2.12. The van der Waals surface area contributed by atoms with E-state index in [1.165, 1.54) is 0 Å². The van der Waals surface area contributed by atoms with Crippen molar-refractivity contribution in [1.29, 1.82) is 0 Å². The predicted octanol–water partition coefficient (Wildman–Crippen LogP) is 1.56. The normalized spacial score (nSPS) is 12.1. The van der Waals surface area contributed by atoms with Gasteiger partial charge in [0.1, 0.15) is 5.76 Å². The Morgan fingerprint density at radius 3 is 2.69 bits per heavy atom. The van der Waals surface area contributed by atoms with Gasteiger partial charge in [-0.2, -0.15) is 0 Å². The van der Waals surface area contributed by atoms with Crippen LogP contribution in [0.5, 0.6) is 0 Å². The fourth-order valence-electron chi connectivity index (χ4n) is 1.02. The molecule has 0 aliphatic carbocycles. The molecule has 4 nitrogen and oxygen atoms in total. The van der Waals surface area contributed by atoms with E-state index in [0.717, 1.165) is 23.4 Å². The van der Waals surface area contributed by atoms with Gasteiger partial charge in [0.15, 0.2) is 0 Å². The van der Waals surface area contributed by atoms with Gasteiger partial charge in [0.2, 0.25) is 0 Å². The Labute approximate surface area is 77.8 Å². The van der Waals surface area contributed by atoms with Gasteiger partial charge in [0, 0.05) is 12.0 Å². The molecule has 0 spiro atoms. The first kappa shape index (κ1) is 9.77. The molecular formula is C9H15N3O. The lowest BCUT2D eigenvalue weighted by Gasteiger charge is -1.96. The van der Waals surface area contributed by atoms with Crippen molar-refractivity contribution >= 4 is 5.84 Å². The van der Waals surface area contributed by atoms with Crippen molar-refractivity contribution < 1.29 is 4.52 Å². The summed E-state index contributed by atoms with van der Waals surface area (Å²) < 4.78 is 5.00. The van der Waals surface area contributed by atoms with Crippen molar-refractivity contribution in [3.8, 4) is 0 Å². The van der Waals surface area contributed by atoms with Crippen molar-refractivity contribution in [2.24, 2.45) is 10.7 Å². The smallest absolute Gasteiger partial charge is 0.138 e. The van der Waals surface area contributed by atoms with Crippen molar-refractivity contribution in [2.75, 3.05) is 0 Å². The highest BCUT2D eigenvalue weighted by molar-refractivity contribution is 5.79. The van der Waals surface area contributed by atoms with E-state index in [9.17, 15) is 0 Å². The van der Waals surface area contributed by atoms with E-state index in [-0.39, 0.29) is 0 Å². The van der Waals surface area contributed by atoms with Gasteiger partial charge in [0.25, 0.3) is 0 Å². The zero-order valence-electron chi connectivity index (χ0n) is 8.29. The number of amidine groups is 1. The molecule has 1 aromatic heterocycles. The van der Waals surface area contributed by atoms with Crippen LogP contribution in [0.1, 0.15) is 30.4 Å². The van der Waals surface area contributed by atoms with Gasteiger partial charge < -0.3 is 10.3 Å². The third-order valence-corrected chi connectivity index (χ3v) is 1.98. The molecule has 1 heterocycles. The Hall–Kier alpha value is -1.32. The van der Waals surface area contributed by atoms with Crippen LogP contribution in [-0.4, -0.2) is 11.0 Å². The first-order valence-electron chi connectivity index (χ1n) is 4.35. The molecule has 0 radical (unpaired) electrons. The molecule has 72 valence electrons. The highest BCUT2D eigenvalue weighted by atomic mass is 16.5. The summed E-state index contributed by atoms with van der Waals surface area (Å²) in [6, 6.07) is 0. The maximum atomic E-state index is 5.59. The molecule has 1 aromatic rings. The van der Waals surface area contributed by atoms with Crippen LogP contribution in [0.25, 0.3) is 0 Å². The fourth-order valence-corrected chi connectivity index (χ4v) is 1.02. The molecule has 2 N–H and O–H groups in total. The van der Waals surface area contributed by atoms with Crippen LogP contribution in [0.4, 0.5) is 0 Å². The minimum Gasteiger partial charge on any atom is -0.387 e. The van der Waals surface area contributed by atoms with Gasteiger partial charge in [-0.05, 0) is 13.8 Å². The molecule has 1 rings (SSSR count). The number of aliphatic imine (C=N–C) groups is 1. The Morgan fingerprint density at radius 1 is 1.54 bits per heavy atom. The Morgan fingerprint density at radius 2 is 2.23 bits per heavy atom. The quantitative estimate of drug-likeness (QED) is 0.568. The Balaban J connectivity index is 2.74. The SMILES string of the molecule is CCC(N)=NCc1c(C)noc1C. The summed E-state index contributed by atoms with van der Waals surface area (Å²) in [6.45, 7) is 6.34. The average molecular weight is 181 g/mol.